The van der Waals surface area contributed by atoms with Crippen molar-refractivity contribution >= 4 is 17.6 Å². The molecule has 8 nitrogen and oxygen atoms in total. The number of nitro benzene ring substituents is 1. The normalized spacial score (nSPS) is 11.4. The second-order valence-electron chi connectivity index (χ2n) is 4.73. The Kier molecular flexibility index (Phi) is 5.10. The molecule has 1 N–H and O–H groups in total. The van der Waals surface area contributed by atoms with Gasteiger partial charge in [0, 0.05) is 17.7 Å². The summed E-state index contributed by atoms with van der Waals surface area (Å²) in [6, 6.07) is 11.0. The summed E-state index contributed by atoms with van der Waals surface area (Å²) in [6.45, 7) is 0. The molecular weight excluding hydrogens is 316 g/mol. The lowest BCUT2D eigenvalue weighted by atomic mass is 10.1. The molecule has 0 heterocycles. The number of nitrogens with zero attached hydrogens (tertiary/aromatic N) is 1. The van der Waals surface area contributed by atoms with Crippen LogP contribution in [0, 0.1) is 10.1 Å². The molecule has 1 amide bonds. The Balaban J connectivity index is 2.22. The van der Waals surface area contributed by atoms with Gasteiger partial charge in [-0.1, -0.05) is 12.1 Å². The number of hydrogen-bond donors (Lipinski definition) is 0. The number of carbonyl (C=O) groups is 2. The van der Waals surface area contributed by atoms with Crippen LogP contribution in [0.1, 0.15) is 22.0 Å². The zero-order chi connectivity index (χ0) is 17.7. The van der Waals surface area contributed by atoms with Crippen molar-refractivity contribution in [3.8, 4) is 5.75 Å². The van der Waals surface area contributed by atoms with E-state index in [0.29, 0.717) is 11.3 Å². The van der Waals surface area contributed by atoms with Crippen LogP contribution in [0.5, 0.6) is 5.75 Å². The number of ether oxygens (including phenoxy) is 2. The summed E-state index contributed by atoms with van der Waals surface area (Å²) >= 11 is 0. The first kappa shape index (κ1) is 16.9. The Morgan fingerprint density at radius 2 is 1.83 bits per heavy atom. The van der Waals surface area contributed by atoms with E-state index >= 15 is 0 Å². The van der Waals surface area contributed by atoms with Crippen molar-refractivity contribution in [1.82, 2.24) is 5.73 Å². The summed E-state index contributed by atoms with van der Waals surface area (Å²) in [5.41, 5.74) is 7.46. The molecule has 1 unspecified atom stereocenters. The quantitative estimate of drug-likeness (QED) is 0.455. The van der Waals surface area contributed by atoms with Crippen LogP contribution in [-0.4, -0.2) is 23.9 Å². The maximum absolute atomic E-state index is 12.1. The van der Waals surface area contributed by atoms with Crippen molar-refractivity contribution in [2.75, 3.05) is 7.11 Å². The molecule has 2 aromatic rings. The molecule has 0 aromatic heterocycles. The average molecular weight is 329 g/mol. The second kappa shape index (κ2) is 7.23. The molecule has 123 valence electrons. The van der Waals surface area contributed by atoms with Crippen LogP contribution >= 0.6 is 0 Å². The van der Waals surface area contributed by atoms with Gasteiger partial charge in [0.05, 0.1) is 17.6 Å². The number of non-ortho nitro benzene ring substituents is 1. The largest absolute Gasteiger partial charge is 0.497 e. The third kappa shape index (κ3) is 3.86. The van der Waals surface area contributed by atoms with Crippen LogP contribution < -0.4 is 10.5 Å². The number of nitrogens with one attached hydrogen (secondary N) is 1. The molecular formula is C16H13N2O6. The van der Waals surface area contributed by atoms with Crippen LogP contribution in [0.3, 0.4) is 0 Å². The van der Waals surface area contributed by atoms with E-state index in [1.807, 2.05) is 0 Å². The van der Waals surface area contributed by atoms with Crippen molar-refractivity contribution in [1.29, 1.82) is 0 Å². The lowest BCUT2D eigenvalue weighted by Gasteiger charge is -2.15. The molecule has 0 saturated heterocycles. The number of amides is 1. The van der Waals surface area contributed by atoms with E-state index in [1.54, 1.807) is 12.1 Å². The van der Waals surface area contributed by atoms with Crippen molar-refractivity contribution in [3.63, 3.8) is 0 Å². The van der Waals surface area contributed by atoms with Crippen LogP contribution in [0.25, 0.3) is 0 Å². The summed E-state index contributed by atoms with van der Waals surface area (Å²) < 4.78 is 10.1. The Bertz CT molecular complexity index is 772. The minimum atomic E-state index is -1.41. The first-order chi connectivity index (χ1) is 11.4. The topological polar surface area (TPSA) is 120 Å². The number of methoxy groups -OCH3 is 1. The van der Waals surface area contributed by atoms with Crippen molar-refractivity contribution in [2.24, 2.45) is 0 Å². The Labute approximate surface area is 136 Å². The Morgan fingerprint density at radius 3 is 2.38 bits per heavy atom. The predicted molar refractivity (Wildman–Crippen MR) is 82.4 cm³/mol. The van der Waals surface area contributed by atoms with Gasteiger partial charge in [0.2, 0.25) is 6.10 Å². The van der Waals surface area contributed by atoms with Crippen LogP contribution in [0.15, 0.2) is 48.5 Å². The lowest BCUT2D eigenvalue weighted by molar-refractivity contribution is -0.384. The van der Waals surface area contributed by atoms with E-state index < -0.39 is 22.9 Å². The summed E-state index contributed by atoms with van der Waals surface area (Å²) in [6.07, 6.45) is -1.41. The Hall–Kier alpha value is -3.42. The van der Waals surface area contributed by atoms with Gasteiger partial charge >= 0.3 is 5.97 Å². The molecule has 8 heteroatoms. The Morgan fingerprint density at radius 1 is 1.17 bits per heavy atom. The van der Waals surface area contributed by atoms with E-state index in [1.165, 1.54) is 31.4 Å². The predicted octanol–water partition coefficient (Wildman–Crippen LogP) is 2.31. The molecule has 0 aliphatic heterocycles. The van der Waals surface area contributed by atoms with Crippen LogP contribution in [0.4, 0.5) is 5.69 Å². The number of carbonyl (C=O) groups excluding carboxylic acids is 2. The van der Waals surface area contributed by atoms with Crippen molar-refractivity contribution in [3.05, 3.63) is 69.8 Å². The standard InChI is InChI=1S/C16H13N2O6/c1-23-13-4-2-3-11(9-13)14(15(17)19)24-16(20)10-5-7-12(8-6-10)18(21)22/h2-9,14,17H,1H3. The third-order valence-corrected chi connectivity index (χ3v) is 3.17. The van der Waals surface area contributed by atoms with E-state index in [0.717, 1.165) is 12.1 Å². The number of rotatable bonds is 6. The van der Waals surface area contributed by atoms with E-state index in [4.69, 9.17) is 15.2 Å². The monoisotopic (exact) mass is 329 g/mol. The maximum atomic E-state index is 12.1. The lowest BCUT2D eigenvalue weighted by Crippen LogP contribution is -2.20. The first-order valence-electron chi connectivity index (χ1n) is 6.77. The van der Waals surface area contributed by atoms with Gasteiger partial charge in [-0.3, -0.25) is 20.6 Å². The highest BCUT2D eigenvalue weighted by molar-refractivity contribution is 5.92. The van der Waals surface area contributed by atoms with Gasteiger partial charge in [-0.15, -0.1) is 0 Å². The van der Waals surface area contributed by atoms with Gasteiger partial charge in [-0.05, 0) is 24.3 Å². The number of hydrogen-bond acceptors (Lipinski definition) is 6. The van der Waals surface area contributed by atoms with Crippen molar-refractivity contribution < 1.29 is 24.0 Å². The fourth-order valence-corrected chi connectivity index (χ4v) is 1.97. The van der Waals surface area contributed by atoms with Gasteiger partial charge in [0.15, 0.2) is 0 Å². The third-order valence-electron chi connectivity index (χ3n) is 3.17. The minimum absolute atomic E-state index is 0.0368. The second-order valence-corrected chi connectivity index (χ2v) is 4.73. The fraction of sp³-hybridized carbons (Fsp3) is 0.125. The van der Waals surface area contributed by atoms with Crippen molar-refractivity contribution in [2.45, 2.75) is 6.10 Å². The summed E-state index contributed by atoms with van der Waals surface area (Å²) in [4.78, 5) is 33.6. The highest BCUT2D eigenvalue weighted by atomic mass is 16.6. The fourth-order valence-electron chi connectivity index (χ4n) is 1.97. The zero-order valence-electron chi connectivity index (χ0n) is 12.6. The van der Waals surface area contributed by atoms with Gasteiger partial charge in [-0.25, -0.2) is 4.79 Å². The average Bonchev–Trinajstić information content (AvgIpc) is 2.59. The molecule has 1 atom stereocenters. The first-order valence-corrected chi connectivity index (χ1v) is 6.77. The molecule has 2 aromatic carbocycles. The summed E-state index contributed by atoms with van der Waals surface area (Å²) in [5, 5.41) is 10.6. The molecule has 0 fully saturated rings. The summed E-state index contributed by atoms with van der Waals surface area (Å²) in [7, 11) is 1.44. The van der Waals surface area contributed by atoms with E-state index in [9.17, 15) is 19.7 Å². The number of nitro groups is 1. The number of benzene rings is 2. The van der Waals surface area contributed by atoms with Crippen LogP contribution in [0.2, 0.25) is 0 Å². The molecule has 0 aliphatic carbocycles. The SMILES string of the molecule is COc1cccc(C(OC(=O)c2ccc([N+](=O)[O-])cc2)C([NH])=O)c1. The van der Waals surface area contributed by atoms with Gasteiger partial charge in [0.1, 0.15) is 5.75 Å². The van der Waals surface area contributed by atoms with Gasteiger partial charge in [0.25, 0.3) is 11.6 Å². The molecule has 0 spiro atoms. The molecule has 0 saturated carbocycles. The molecule has 0 aliphatic rings. The zero-order valence-corrected chi connectivity index (χ0v) is 12.6. The van der Waals surface area contributed by atoms with E-state index in [2.05, 4.69) is 0 Å². The molecule has 24 heavy (non-hydrogen) atoms. The molecule has 1 radical (unpaired) electrons. The van der Waals surface area contributed by atoms with Gasteiger partial charge in [-0.2, -0.15) is 0 Å². The highest BCUT2D eigenvalue weighted by Crippen LogP contribution is 2.24. The smallest absolute Gasteiger partial charge is 0.339 e. The van der Waals surface area contributed by atoms with E-state index in [-0.39, 0.29) is 11.3 Å². The van der Waals surface area contributed by atoms with Gasteiger partial charge < -0.3 is 9.47 Å². The maximum Gasteiger partial charge on any atom is 0.339 e. The van der Waals surface area contributed by atoms with Crippen LogP contribution in [-0.2, 0) is 9.53 Å². The highest BCUT2D eigenvalue weighted by Gasteiger charge is 2.24. The summed E-state index contributed by atoms with van der Waals surface area (Å²) in [5.74, 6) is -1.51. The molecule has 0 bridgehead atoms. The minimum Gasteiger partial charge on any atom is -0.497 e. The number of esters is 1. The molecule has 2 rings (SSSR count).